The van der Waals surface area contributed by atoms with Crippen molar-refractivity contribution >= 4 is 5.97 Å². The van der Waals surface area contributed by atoms with Crippen molar-refractivity contribution in [3.05, 3.63) is 65.2 Å². The molecule has 0 saturated carbocycles. The minimum absolute atomic E-state index is 0.102. The molecule has 2 N–H and O–H groups in total. The fraction of sp³-hybridized carbons (Fsp3) is 0.278. The second-order valence-electron chi connectivity index (χ2n) is 5.27. The summed E-state index contributed by atoms with van der Waals surface area (Å²) >= 11 is 0. The van der Waals surface area contributed by atoms with Gasteiger partial charge in [-0.3, -0.25) is 10.1 Å². The van der Waals surface area contributed by atoms with Crippen molar-refractivity contribution in [1.29, 1.82) is 0 Å². The fourth-order valence-electron chi connectivity index (χ4n) is 2.36. The van der Waals surface area contributed by atoms with E-state index in [1.165, 1.54) is 0 Å². The number of ether oxygens (including phenoxy) is 1. The number of aliphatic carboxylic acids is 1. The van der Waals surface area contributed by atoms with Crippen LogP contribution in [0.25, 0.3) is 0 Å². The lowest BCUT2D eigenvalue weighted by Crippen LogP contribution is -2.31. The average Bonchev–Trinajstić information content (AvgIpc) is 2.50. The third kappa shape index (κ3) is 4.33. The first kappa shape index (κ1) is 16.0. The smallest absolute Gasteiger partial charge is 0.317 e. The highest BCUT2D eigenvalue weighted by Crippen LogP contribution is 2.24. The standard InChI is InChI=1S/C18H21NO3/c1-13-7-6-8-14(2)18(13)22-12-16(19-11-17(20)21)15-9-4-3-5-10-15/h3-10,16,19H,11-12H2,1-2H3,(H,20,21). The Balaban J connectivity index is 2.11. The monoisotopic (exact) mass is 299 g/mol. The molecular weight excluding hydrogens is 278 g/mol. The van der Waals surface area contributed by atoms with E-state index in [1.54, 1.807) is 0 Å². The van der Waals surface area contributed by atoms with Gasteiger partial charge in [-0.05, 0) is 30.5 Å². The maximum Gasteiger partial charge on any atom is 0.317 e. The van der Waals surface area contributed by atoms with E-state index in [0.29, 0.717) is 6.61 Å². The molecule has 0 saturated heterocycles. The van der Waals surface area contributed by atoms with Gasteiger partial charge in [0, 0.05) is 0 Å². The molecule has 2 aromatic carbocycles. The number of aryl methyl sites for hydroxylation is 2. The van der Waals surface area contributed by atoms with Crippen LogP contribution in [0.5, 0.6) is 5.75 Å². The summed E-state index contributed by atoms with van der Waals surface area (Å²) in [7, 11) is 0. The van der Waals surface area contributed by atoms with Gasteiger partial charge in [-0.15, -0.1) is 0 Å². The zero-order chi connectivity index (χ0) is 15.9. The van der Waals surface area contributed by atoms with E-state index in [2.05, 4.69) is 5.32 Å². The molecule has 0 aliphatic heterocycles. The number of carbonyl (C=O) groups is 1. The van der Waals surface area contributed by atoms with Gasteiger partial charge in [0.25, 0.3) is 0 Å². The highest BCUT2D eigenvalue weighted by molar-refractivity contribution is 5.69. The quantitative estimate of drug-likeness (QED) is 0.825. The number of nitrogens with one attached hydrogen (secondary N) is 1. The van der Waals surface area contributed by atoms with E-state index in [-0.39, 0.29) is 12.6 Å². The molecular formula is C18H21NO3. The molecule has 116 valence electrons. The Morgan fingerprint density at radius 1 is 1.09 bits per heavy atom. The number of benzene rings is 2. The van der Waals surface area contributed by atoms with E-state index < -0.39 is 5.97 Å². The third-order valence-electron chi connectivity index (χ3n) is 3.50. The zero-order valence-corrected chi connectivity index (χ0v) is 12.9. The molecule has 4 nitrogen and oxygen atoms in total. The molecule has 0 aliphatic rings. The molecule has 2 rings (SSSR count). The first-order valence-corrected chi connectivity index (χ1v) is 7.27. The van der Waals surface area contributed by atoms with E-state index in [4.69, 9.17) is 9.84 Å². The summed E-state index contributed by atoms with van der Waals surface area (Å²) in [4.78, 5) is 10.8. The average molecular weight is 299 g/mol. The number of carboxylic acid groups (broad SMARTS) is 1. The predicted molar refractivity (Wildman–Crippen MR) is 86.2 cm³/mol. The van der Waals surface area contributed by atoms with E-state index >= 15 is 0 Å². The largest absolute Gasteiger partial charge is 0.491 e. The molecule has 0 bridgehead atoms. The highest BCUT2D eigenvalue weighted by Gasteiger charge is 2.14. The van der Waals surface area contributed by atoms with Crippen molar-refractivity contribution in [1.82, 2.24) is 5.32 Å². The van der Waals surface area contributed by atoms with Crippen molar-refractivity contribution in [2.24, 2.45) is 0 Å². The van der Waals surface area contributed by atoms with Crippen LogP contribution in [-0.2, 0) is 4.79 Å². The Morgan fingerprint density at radius 3 is 2.32 bits per heavy atom. The van der Waals surface area contributed by atoms with Gasteiger partial charge >= 0.3 is 5.97 Å². The summed E-state index contributed by atoms with van der Waals surface area (Å²) in [5.74, 6) is -0.0199. The number of hydrogen-bond donors (Lipinski definition) is 2. The normalized spacial score (nSPS) is 11.9. The van der Waals surface area contributed by atoms with Gasteiger partial charge in [-0.2, -0.15) is 0 Å². The van der Waals surface area contributed by atoms with Crippen LogP contribution >= 0.6 is 0 Å². The number of para-hydroxylation sites is 1. The highest BCUT2D eigenvalue weighted by atomic mass is 16.5. The second kappa shape index (κ2) is 7.61. The van der Waals surface area contributed by atoms with Crippen LogP contribution in [0.4, 0.5) is 0 Å². The van der Waals surface area contributed by atoms with Crippen LogP contribution in [0.15, 0.2) is 48.5 Å². The summed E-state index contributed by atoms with van der Waals surface area (Å²) < 4.78 is 5.96. The first-order chi connectivity index (χ1) is 10.6. The van der Waals surface area contributed by atoms with Gasteiger partial charge in [0.15, 0.2) is 0 Å². The molecule has 0 radical (unpaired) electrons. The van der Waals surface area contributed by atoms with Crippen molar-refractivity contribution in [2.75, 3.05) is 13.2 Å². The lowest BCUT2D eigenvalue weighted by molar-refractivity contribution is -0.136. The molecule has 0 aromatic heterocycles. The third-order valence-corrected chi connectivity index (χ3v) is 3.50. The van der Waals surface area contributed by atoms with Crippen LogP contribution in [0.1, 0.15) is 22.7 Å². The van der Waals surface area contributed by atoms with Gasteiger partial charge in [0.2, 0.25) is 0 Å². The van der Waals surface area contributed by atoms with Gasteiger partial charge in [-0.1, -0.05) is 48.5 Å². The topological polar surface area (TPSA) is 58.6 Å². The summed E-state index contributed by atoms with van der Waals surface area (Å²) in [6.45, 7) is 4.29. The number of hydrogen-bond acceptors (Lipinski definition) is 3. The molecule has 4 heteroatoms. The Morgan fingerprint density at radius 2 is 1.73 bits per heavy atom. The van der Waals surface area contributed by atoms with Crippen LogP contribution in [0.3, 0.4) is 0 Å². The van der Waals surface area contributed by atoms with Crippen molar-refractivity contribution in [3.63, 3.8) is 0 Å². The van der Waals surface area contributed by atoms with E-state index in [0.717, 1.165) is 22.4 Å². The lowest BCUT2D eigenvalue weighted by Gasteiger charge is -2.20. The van der Waals surface area contributed by atoms with Crippen LogP contribution in [0, 0.1) is 13.8 Å². The van der Waals surface area contributed by atoms with Gasteiger partial charge in [-0.25, -0.2) is 0 Å². The van der Waals surface area contributed by atoms with Crippen LogP contribution < -0.4 is 10.1 Å². The molecule has 0 amide bonds. The molecule has 0 fully saturated rings. The Labute approximate surface area is 130 Å². The molecule has 0 spiro atoms. The first-order valence-electron chi connectivity index (χ1n) is 7.27. The van der Waals surface area contributed by atoms with Gasteiger partial charge in [0.1, 0.15) is 12.4 Å². The van der Waals surface area contributed by atoms with Crippen LogP contribution in [0.2, 0.25) is 0 Å². The van der Waals surface area contributed by atoms with Crippen LogP contribution in [-0.4, -0.2) is 24.2 Å². The minimum atomic E-state index is -0.881. The summed E-state index contributed by atoms with van der Waals surface area (Å²) in [5.41, 5.74) is 3.16. The zero-order valence-electron chi connectivity index (χ0n) is 12.9. The summed E-state index contributed by atoms with van der Waals surface area (Å²) in [6, 6.07) is 15.6. The molecule has 1 unspecified atom stereocenters. The van der Waals surface area contributed by atoms with Crippen molar-refractivity contribution < 1.29 is 14.6 Å². The van der Waals surface area contributed by atoms with Crippen molar-refractivity contribution in [2.45, 2.75) is 19.9 Å². The number of carboxylic acids is 1. The SMILES string of the molecule is Cc1cccc(C)c1OCC(NCC(=O)O)c1ccccc1. The summed E-state index contributed by atoms with van der Waals surface area (Å²) in [6.07, 6.45) is 0. The van der Waals surface area contributed by atoms with Crippen molar-refractivity contribution in [3.8, 4) is 5.75 Å². The maximum absolute atomic E-state index is 10.8. The molecule has 22 heavy (non-hydrogen) atoms. The fourth-order valence-corrected chi connectivity index (χ4v) is 2.36. The second-order valence-corrected chi connectivity index (χ2v) is 5.27. The van der Waals surface area contributed by atoms with E-state index in [1.807, 2.05) is 62.4 Å². The minimum Gasteiger partial charge on any atom is -0.491 e. The lowest BCUT2D eigenvalue weighted by atomic mass is 10.1. The van der Waals surface area contributed by atoms with Gasteiger partial charge < -0.3 is 9.84 Å². The molecule has 0 heterocycles. The molecule has 0 aliphatic carbocycles. The summed E-state index contributed by atoms with van der Waals surface area (Å²) in [5, 5.41) is 11.9. The molecule has 2 aromatic rings. The predicted octanol–water partition coefficient (Wildman–Crippen LogP) is 3.10. The Hall–Kier alpha value is -2.33. The Bertz CT molecular complexity index is 605. The van der Waals surface area contributed by atoms with Gasteiger partial charge in [0.05, 0.1) is 12.6 Å². The van der Waals surface area contributed by atoms with E-state index in [9.17, 15) is 4.79 Å². The Kier molecular flexibility index (Phi) is 5.55. The number of rotatable bonds is 7. The maximum atomic E-state index is 10.8. The molecule has 1 atom stereocenters.